The standard InChI is InChI=1S/C17H14N2O2/c1-11-4-5-14-13(9-11)10-12-6-7-19(16(12)18-14)17(20)15-3-2-8-21-15/h2-5,8-10H,6-7H2,1H3. The zero-order valence-electron chi connectivity index (χ0n) is 11.7. The van der Waals surface area contributed by atoms with Crippen LogP contribution < -0.4 is 4.90 Å². The van der Waals surface area contributed by atoms with Crippen molar-refractivity contribution in [2.24, 2.45) is 0 Å². The van der Waals surface area contributed by atoms with Crippen molar-refractivity contribution in [2.75, 3.05) is 11.4 Å². The number of furan rings is 1. The predicted molar refractivity (Wildman–Crippen MR) is 80.6 cm³/mol. The minimum atomic E-state index is -0.127. The molecule has 4 nitrogen and oxygen atoms in total. The normalized spacial score (nSPS) is 13.7. The average molecular weight is 278 g/mol. The lowest BCUT2D eigenvalue weighted by atomic mass is 10.1. The highest BCUT2D eigenvalue weighted by atomic mass is 16.3. The number of fused-ring (bicyclic) bond motifs is 2. The number of anilines is 1. The van der Waals surface area contributed by atoms with Crippen LogP contribution in [0.25, 0.3) is 10.9 Å². The van der Waals surface area contributed by atoms with Crippen LogP contribution in [0, 0.1) is 6.92 Å². The van der Waals surface area contributed by atoms with Crippen LogP contribution >= 0.6 is 0 Å². The molecule has 0 saturated carbocycles. The van der Waals surface area contributed by atoms with Crippen LogP contribution in [-0.2, 0) is 6.42 Å². The van der Waals surface area contributed by atoms with E-state index in [1.807, 2.05) is 12.1 Å². The summed E-state index contributed by atoms with van der Waals surface area (Å²) >= 11 is 0. The third-order valence-electron chi connectivity index (χ3n) is 3.86. The van der Waals surface area contributed by atoms with Gasteiger partial charge in [-0.3, -0.25) is 9.69 Å². The molecule has 0 bridgehead atoms. The lowest BCUT2D eigenvalue weighted by molar-refractivity contribution is 0.0962. The van der Waals surface area contributed by atoms with E-state index in [-0.39, 0.29) is 5.91 Å². The molecular formula is C17H14N2O2. The van der Waals surface area contributed by atoms with Crippen molar-refractivity contribution in [1.82, 2.24) is 4.98 Å². The van der Waals surface area contributed by atoms with Crippen molar-refractivity contribution >= 4 is 22.6 Å². The van der Waals surface area contributed by atoms with Gasteiger partial charge in [0.25, 0.3) is 5.91 Å². The fraction of sp³-hybridized carbons (Fsp3) is 0.176. The Morgan fingerprint density at radius 1 is 1.29 bits per heavy atom. The van der Waals surface area contributed by atoms with Gasteiger partial charge >= 0.3 is 0 Å². The number of amides is 1. The summed E-state index contributed by atoms with van der Waals surface area (Å²) in [7, 11) is 0. The molecule has 0 fully saturated rings. The smallest absolute Gasteiger partial charge is 0.295 e. The Labute approximate surface area is 122 Å². The van der Waals surface area contributed by atoms with E-state index in [4.69, 9.17) is 4.42 Å². The van der Waals surface area contributed by atoms with Gasteiger partial charge in [-0.05, 0) is 49.2 Å². The first kappa shape index (κ1) is 12.1. The molecule has 21 heavy (non-hydrogen) atoms. The number of hydrogen-bond acceptors (Lipinski definition) is 3. The van der Waals surface area contributed by atoms with Crippen LogP contribution in [0.2, 0.25) is 0 Å². The summed E-state index contributed by atoms with van der Waals surface area (Å²) in [6, 6.07) is 11.7. The maximum absolute atomic E-state index is 12.5. The minimum Gasteiger partial charge on any atom is -0.459 e. The highest BCUT2D eigenvalue weighted by Crippen LogP contribution is 2.30. The molecule has 2 aromatic heterocycles. The Balaban J connectivity index is 1.81. The number of hydrogen-bond donors (Lipinski definition) is 0. The van der Waals surface area contributed by atoms with Crippen LogP contribution in [0.1, 0.15) is 21.7 Å². The van der Waals surface area contributed by atoms with Crippen molar-refractivity contribution in [3.05, 3.63) is 59.5 Å². The lowest BCUT2D eigenvalue weighted by Crippen LogP contribution is -2.29. The molecule has 4 rings (SSSR count). The summed E-state index contributed by atoms with van der Waals surface area (Å²) in [6.07, 6.45) is 2.35. The quantitative estimate of drug-likeness (QED) is 0.686. The summed E-state index contributed by atoms with van der Waals surface area (Å²) in [5.74, 6) is 0.985. The van der Waals surface area contributed by atoms with E-state index >= 15 is 0 Å². The Kier molecular flexibility index (Phi) is 2.57. The summed E-state index contributed by atoms with van der Waals surface area (Å²) in [4.78, 5) is 18.8. The van der Waals surface area contributed by atoms with E-state index in [0.717, 1.165) is 28.7 Å². The molecule has 4 heteroatoms. The van der Waals surface area contributed by atoms with Crippen molar-refractivity contribution in [1.29, 1.82) is 0 Å². The number of benzene rings is 1. The molecule has 1 amide bonds. The summed E-state index contributed by atoms with van der Waals surface area (Å²) in [5, 5.41) is 1.13. The summed E-state index contributed by atoms with van der Waals surface area (Å²) in [6.45, 7) is 2.72. The van der Waals surface area contributed by atoms with Gasteiger partial charge in [0.15, 0.2) is 5.76 Å². The number of pyridine rings is 1. The van der Waals surface area contributed by atoms with Crippen LogP contribution in [0.4, 0.5) is 5.82 Å². The third kappa shape index (κ3) is 1.91. The van der Waals surface area contributed by atoms with Crippen LogP contribution in [0.15, 0.2) is 47.1 Å². The van der Waals surface area contributed by atoms with Gasteiger partial charge in [-0.1, -0.05) is 11.6 Å². The molecule has 0 N–H and O–H groups in total. The summed E-state index contributed by atoms with van der Waals surface area (Å²) in [5.41, 5.74) is 3.25. The number of nitrogens with zero attached hydrogens (tertiary/aromatic N) is 2. The van der Waals surface area contributed by atoms with Crippen molar-refractivity contribution in [2.45, 2.75) is 13.3 Å². The molecule has 1 aromatic carbocycles. The van der Waals surface area contributed by atoms with Crippen molar-refractivity contribution < 1.29 is 9.21 Å². The number of carbonyl (C=O) groups is 1. The maximum atomic E-state index is 12.5. The second-order valence-electron chi connectivity index (χ2n) is 5.35. The SMILES string of the molecule is Cc1ccc2nc3c(cc2c1)CCN3C(=O)c1ccco1. The highest BCUT2D eigenvalue weighted by molar-refractivity contribution is 6.05. The first-order valence-corrected chi connectivity index (χ1v) is 6.98. The molecule has 0 atom stereocenters. The fourth-order valence-electron chi connectivity index (χ4n) is 2.82. The number of aromatic nitrogens is 1. The topological polar surface area (TPSA) is 46.3 Å². The predicted octanol–water partition coefficient (Wildman–Crippen LogP) is 3.34. The van der Waals surface area contributed by atoms with Gasteiger partial charge < -0.3 is 4.42 Å². The van der Waals surface area contributed by atoms with Gasteiger partial charge in [-0.2, -0.15) is 0 Å². The lowest BCUT2D eigenvalue weighted by Gasteiger charge is -2.15. The van der Waals surface area contributed by atoms with Gasteiger partial charge in [0.1, 0.15) is 5.82 Å². The number of rotatable bonds is 1. The molecule has 3 aromatic rings. The molecule has 0 unspecified atom stereocenters. The minimum absolute atomic E-state index is 0.127. The molecule has 1 aliphatic heterocycles. The van der Waals surface area contributed by atoms with Crippen LogP contribution in [-0.4, -0.2) is 17.4 Å². The van der Waals surface area contributed by atoms with E-state index in [2.05, 4.69) is 24.0 Å². The van der Waals surface area contributed by atoms with E-state index < -0.39 is 0 Å². The fourth-order valence-corrected chi connectivity index (χ4v) is 2.82. The van der Waals surface area contributed by atoms with Gasteiger partial charge in [0.05, 0.1) is 11.8 Å². The van der Waals surface area contributed by atoms with E-state index in [1.165, 1.54) is 11.8 Å². The molecule has 0 aliphatic carbocycles. The largest absolute Gasteiger partial charge is 0.459 e. The van der Waals surface area contributed by atoms with Gasteiger partial charge in [0.2, 0.25) is 0 Å². The third-order valence-corrected chi connectivity index (χ3v) is 3.86. The Morgan fingerprint density at radius 3 is 3.00 bits per heavy atom. The molecule has 0 radical (unpaired) electrons. The molecule has 3 heterocycles. The molecule has 0 saturated heterocycles. The first-order chi connectivity index (χ1) is 10.2. The molecule has 104 valence electrons. The van der Waals surface area contributed by atoms with E-state index in [1.54, 1.807) is 17.0 Å². The van der Waals surface area contributed by atoms with Crippen molar-refractivity contribution in [3.8, 4) is 0 Å². The van der Waals surface area contributed by atoms with Gasteiger partial charge in [-0.25, -0.2) is 4.98 Å². The zero-order valence-corrected chi connectivity index (χ0v) is 11.7. The summed E-state index contributed by atoms with van der Waals surface area (Å²) < 4.78 is 5.21. The molecule has 0 spiro atoms. The monoisotopic (exact) mass is 278 g/mol. The highest BCUT2D eigenvalue weighted by Gasteiger charge is 2.28. The Hall–Kier alpha value is -2.62. The van der Waals surface area contributed by atoms with E-state index in [9.17, 15) is 4.79 Å². The number of aryl methyl sites for hydroxylation is 1. The van der Waals surface area contributed by atoms with Crippen molar-refractivity contribution in [3.63, 3.8) is 0 Å². The van der Waals surface area contributed by atoms with Crippen LogP contribution in [0.3, 0.4) is 0 Å². The Bertz CT molecular complexity index is 837. The first-order valence-electron chi connectivity index (χ1n) is 6.98. The zero-order chi connectivity index (χ0) is 14.4. The average Bonchev–Trinajstić information content (AvgIpc) is 3.13. The second kappa shape index (κ2) is 4.45. The molecular weight excluding hydrogens is 264 g/mol. The number of carbonyl (C=O) groups excluding carboxylic acids is 1. The maximum Gasteiger partial charge on any atom is 0.295 e. The van der Waals surface area contributed by atoms with Gasteiger partial charge in [-0.15, -0.1) is 0 Å². The second-order valence-corrected chi connectivity index (χ2v) is 5.35. The molecule has 1 aliphatic rings. The Morgan fingerprint density at radius 2 is 2.19 bits per heavy atom. The van der Waals surface area contributed by atoms with E-state index in [0.29, 0.717) is 12.3 Å². The van der Waals surface area contributed by atoms with Crippen LogP contribution in [0.5, 0.6) is 0 Å². The van der Waals surface area contributed by atoms with Gasteiger partial charge in [0, 0.05) is 11.9 Å².